The van der Waals surface area contributed by atoms with E-state index < -0.39 is 5.54 Å². The Morgan fingerprint density at radius 3 is 2.37 bits per heavy atom. The second kappa shape index (κ2) is 9.56. The van der Waals surface area contributed by atoms with Gasteiger partial charge in [0, 0.05) is 6.92 Å². The Balaban J connectivity index is 1.63. The first-order valence-corrected chi connectivity index (χ1v) is 12.2. The van der Waals surface area contributed by atoms with E-state index in [-0.39, 0.29) is 23.5 Å². The molecule has 0 bridgehead atoms. The van der Waals surface area contributed by atoms with Crippen molar-refractivity contribution in [3.05, 3.63) is 77.5 Å². The van der Waals surface area contributed by atoms with Gasteiger partial charge in [0.2, 0.25) is 0 Å². The monoisotopic (exact) mass is 474 g/mol. The number of anilines is 1. The average Bonchev–Trinajstić information content (AvgIpc) is 3.28. The van der Waals surface area contributed by atoms with Gasteiger partial charge in [-0.25, -0.2) is 4.68 Å². The number of aromatic nitrogens is 2. The molecule has 7 nitrogen and oxygen atoms in total. The van der Waals surface area contributed by atoms with Gasteiger partial charge in [0.25, 0.3) is 5.91 Å². The number of esters is 1. The summed E-state index contributed by atoms with van der Waals surface area (Å²) in [5.74, 6) is 0.686. The SMILES string of the molecule is CCC(CC)(NC(=O)c1cnn2c1NC(c1ccccc1)CC2(C)C)c1ccc(OC(C)=O)cc1. The maximum atomic E-state index is 13.7. The van der Waals surface area contributed by atoms with E-state index in [4.69, 9.17) is 4.74 Å². The summed E-state index contributed by atoms with van der Waals surface area (Å²) < 4.78 is 7.10. The molecule has 2 N–H and O–H groups in total. The van der Waals surface area contributed by atoms with Crippen LogP contribution in [0.2, 0.25) is 0 Å². The maximum Gasteiger partial charge on any atom is 0.308 e. The lowest BCUT2D eigenvalue weighted by molar-refractivity contribution is -0.131. The van der Waals surface area contributed by atoms with Gasteiger partial charge in [-0.15, -0.1) is 0 Å². The van der Waals surface area contributed by atoms with Crippen LogP contribution in [-0.2, 0) is 15.9 Å². The minimum atomic E-state index is -0.566. The van der Waals surface area contributed by atoms with Gasteiger partial charge in [0.15, 0.2) is 0 Å². The fourth-order valence-corrected chi connectivity index (χ4v) is 5.00. The molecule has 1 aliphatic rings. The Morgan fingerprint density at radius 1 is 1.11 bits per heavy atom. The van der Waals surface area contributed by atoms with E-state index in [0.717, 1.165) is 17.8 Å². The molecule has 2 heterocycles. The molecule has 3 aromatic rings. The van der Waals surface area contributed by atoms with Gasteiger partial charge in [-0.3, -0.25) is 9.59 Å². The highest BCUT2D eigenvalue weighted by atomic mass is 16.5. The fourth-order valence-electron chi connectivity index (χ4n) is 5.00. The zero-order chi connectivity index (χ0) is 25.2. The first-order valence-electron chi connectivity index (χ1n) is 12.2. The third-order valence-electron chi connectivity index (χ3n) is 7.03. The molecule has 7 heteroatoms. The van der Waals surface area contributed by atoms with Crippen molar-refractivity contribution in [2.75, 3.05) is 5.32 Å². The molecule has 35 heavy (non-hydrogen) atoms. The summed E-state index contributed by atoms with van der Waals surface area (Å²) in [6.07, 6.45) is 3.93. The number of amides is 1. The van der Waals surface area contributed by atoms with Crippen molar-refractivity contribution in [2.45, 2.75) is 71.0 Å². The van der Waals surface area contributed by atoms with Gasteiger partial charge in [-0.05, 0) is 56.4 Å². The molecule has 184 valence electrons. The van der Waals surface area contributed by atoms with E-state index in [1.165, 1.54) is 12.5 Å². The highest BCUT2D eigenvalue weighted by Crippen LogP contribution is 2.40. The van der Waals surface area contributed by atoms with E-state index in [0.29, 0.717) is 24.2 Å². The van der Waals surface area contributed by atoms with Crippen LogP contribution in [0.15, 0.2) is 60.8 Å². The highest BCUT2D eigenvalue weighted by Gasteiger charge is 2.38. The normalized spacial score (nSPS) is 16.7. The van der Waals surface area contributed by atoms with Crippen LogP contribution in [0.25, 0.3) is 0 Å². The number of ether oxygens (including phenoxy) is 1. The number of benzene rings is 2. The molecule has 1 unspecified atom stereocenters. The molecule has 0 saturated heterocycles. The lowest BCUT2D eigenvalue weighted by Crippen LogP contribution is -2.45. The molecule has 1 atom stereocenters. The topological polar surface area (TPSA) is 85.2 Å². The van der Waals surface area contributed by atoms with Crippen molar-refractivity contribution in [1.29, 1.82) is 0 Å². The van der Waals surface area contributed by atoms with E-state index in [9.17, 15) is 9.59 Å². The summed E-state index contributed by atoms with van der Waals surface area (Å²) in [7, 11) is 0. The van der Waals surface area contributed by atoms with Crippen LogP contribution in [0.5, 0.6) is 5.75 Å². The van der Waals surface area contributed by atoms with Crippen LogP contribution in [0, 0.1) is 0 Å². The van der Waals surface area contributed by atoms with Gasteiger partial charge in [-0.1, -0.05) is 56.3 Å². The first kappa shape index (κ1) is 24.5. The Bertz CT molecular complexity index is 1190. The van der Waals surface area contributed by atoms with Gasteiger partial charge >= 0.3 is 5.97 Å². The summed E-state index contributed by atoms with van der Waals surface area (Å²) >= 11 is 0. The van der Waals surface area contributed by atoms with Crippen LogP contribution >= 0.6 is 0 Å². The zero-order valence-corrected chi connectivity index (χ0v) is 21.1. The molecule has 1 aliphatic heterocycles. The molecule has 2 aromatic carbocycles. The predicted octanol–water partition coefficient (Wildman–Crippen LogP) is 5.55. The molecular formula is C28H34N4O3. The summed E-state index contributed by atoms with van der Waals surface area (Å²) in [6, 6.07) is 17.7. The van der Waals surface area contributed by atoms with Crippen molar-refractivity contribution in [3.63, 3.8) is 0 Å². The second-order valence-corrected chi connectivity index (χ2v) is 9.80. The standard InChI is InChI=1S/C28H34N4O3/c1-6-28(7-2,21-13-15-22(16-14-21)35-19(3)33)31-26(34)23-18-29-32-25(23)30-24(17-27(32,4)5)20-11-9-8-10-12-20/h8-16,18,24,30H,6-7,17H2,1-5H3,(H,31,34). The Kier molecular flexibility index (Phi) is 6.70. The van der Waals surface area contributed by atoms with Crippen LogP contribution in [0.1, 0.15) is 81.4 Å². The Labute approximate surface area is 206 Å². The lowest BCUT2D eigenvalue weighted by atomic mass is 9.84. The lowest BCUT2D eigenvalue weighted by Gasteiger charge is -2.38. The minimum Gasteiger partial charge on any atom is -0.427 e. The average molecular weight is 475 g/mol. The largest absolute Gasteiger partial charge is 0.427 e. The third-order valence-corrected chi connectivity index (χ3v) is 7.03. The number of carbonyl (C=O) groups is 2. The van der Waals surface area contributed by atoms with Gasteiger partial charge in [-0.2, -0.15) is 5.10 Å². The number of nitrogens with zero attached hydrogens (tertiary/aromatic N) is 2. The zero-order valence-electron chi connectivity index (χ0n) is 21.1. The first-order chi connectivity index (χ1) is 16.7. The molecule has 0 aliphatic carbocycles. The Hall–Kier alpha value is -3.61. The highest BCUT2D eigenvalue weighted by molar-refractivity contribution is 5.99. The van der Waals surface area contributed by atoms with Crippen molar-refractivity contribution in [3.8, 4) is 5.75 Å². The number of nitrogens with one attached hydrogen (secondary N) is 2. The molecular weight excluding hydrogens is 440 g/mol. The Morgan fingerprint density at radius 2 is 1.77 bits per heavy atom. The van der Waals surface area contributed by atoms with Crippen molar-refractivity contribution >= 4 is 17.7 Å². The van der Waals surface area contributed by atoms with Gasteiger partial charge in [0.05, 0.1) is 23.3 Å². The van der Waals surface area contributed by atoms with E-state index >= 15 is 0 Å². The van der Waals surface area contributed by atoms with Crippen molar-refractivity contribution in [1.82, 2.24) is 15.1 Å². The van der Waals surface area contributed by atoms with Crippen LogP contribution in [-0.4, -0.2) is 21.7 Å². The van der Waals surface area contributed by atoms with Gasteiger partial charge in [0.1, 0.15) is 17.1 Å². The molecule has 0 fully saturated rings. The minimum absolute atomic E-state index is 0.0814. The molecule has 0 spiro atoms. The number of fused-ring (bicyclic) bond motifs is 1. The molecule has 0 saturated carbocycles. The number of hydrogen-bond acceptors (Lipinski definition) is 5. The molecule has 1 aromatic heterocycles. The summed E-state index contributed by atoms with van der Waals surface area (Å²) in [6.45, 7) is 9.79. The van der Waals surface area contributed by atoms with Crippen LogP contribution < -0.4 is 15.4 Å². The molecule has 4 rings (SSSR count). The van der Waals surface area contributed by atoms with E-state index in [2.05, 4.69) is 55.6 Å². The van der Waals surface area contributed by atoms with Crippen LogP contribution in [0.3, 0.4) is 0 Å². The summed E-state index contributed by atoms with van der Waals surface area (Å²) in [4.78, 5) is 24.9. The quantitative estimate of drug-likeness (QED) is 0.347. The van der Waals surface area contributed by atoms with E-state index in [1.807, 2.05) is 35.0 Å². The number of hydrogen-bond donors (Lipinski definition) is 2. The summed E-state index contributed by atoms with van der Waals surface area (Å²) in [5, 5.41) is 11.5. The number of rotatable bonds is 7. The maximum absolute atomic E-state index is 13.7. The second-order valence-electron chi connectivity index (χ2n) is 9.80. The molecule has 1 amide bonds. The van der Waals surface area contributed by atoms with Crippen molar-refractivity contribution in [2.24, 2.45) is 0 Å². The van der Waals surface area contributed by atoms with Crippen molar-refractivity contribution < 1.29 is 14.3 Å². The van der Waals surface area contributed by atoms with E-state index in [1.54, 1.807) is 18.3 Å². The fraction of sp³-hybridized carbons (Fsp3) is 0.393. The smallest absolute Gasteiger partial charge is 0.308 e. The molecule has 0 radical (unpaired) electrons. The summed E-state index contributed by atoms with van der Waals surface area (Å²) in [5.41, 5.74) is 1.86. The third kappa shape index (κ3) is 4.81. The number of carbonyl (C=O) groups excluding carboxylic acids is 2. The van der Waals surface area contributed by atoms with Crippen LogP contribution in [0.4, 0.5) is 5.82 Å². The predicted molar refractivity (Wildman–Crippen MR) is 136 cm³/mol. The van der Waals surface area contributed by atoms with Gasteiger partial charge < -0.3 is 15.4 Å².